The topological polar surface area (TPSA) is 94.7 Å². The molecule has 25 heavy (non-hydrogen) atoms. The molecule has 3 rings (SSSR count). The highest BCUT2D eigenvalue weighted by atomic mass is 16.2. The van der Waals surface area contributed by atoms with Gasteiger partial charge in [-0.3, -0.25) is 9.89 Å². The first-order valence-electron chi connectivity index (χ1n) is 8.81. The SMILES string of the molecule is Cc1nc(=O)[nH]c(C)c1CCC(=O)N(C)Cc1n[nH]c2c1CCCC2. The fourth-order valence-electron chi connectivity index (χ4n) is 3.54. The Balaban J connectivity index is 1.62. The van der Waals surface area contributed by atoms with Crippen LogP contribution < -0.4 is 5.69 Å². The highest BCUT2D eigenvalue weighted by Crippen LogP contribution is 2.23. The molecular formula is C18H25N5O2. The van der Waals surface area contributed by atoms with Gasteiger partial charge in [-0.15, -0.1) is 0 Å². The normalized spacial score (nSPS) is 13.6. The van der Waals surface area contributed by atoms with Gasteiger partial charge in [-0.2, -0.15) is 10.1 Å². The van der Waals surface area contributed by atoms with Crippen molar-refractivity contribution in [3.05, 3.63) is 44.4 Å². The molecule has 2 aromatic rings. The van der Waals surface area contributed by atoms with Gasteiger partial charge in [0.25, 0.3) is 0 Å². The summed E-state index contributed by atoms with van der Waals surface area (Å²) in [5.74, 6) is 0.0672. The van der Waals surface area contributed by atoms with Crippen molar-refractivity contribution in [1.29, 1.82) is 0 Å². The van der Waals surface area contributed by atoms with E-state index in [9.17, 15) is 9.59 Å². The first-order chi connectivity index (χ1) is 12.0. The standard InChI is InChI=1S/C18H25N5O2/c1-11-13(12(2)20-18(25)19-11)8-9-17(24)23(3)10-16-14-6-4-5-7-15(14)21-22-16/h4-10H2,1-3H3,(H,21,22)(H,19,20,25). The number of aromatic amines is 2. The Morgan fingerprint density at radius 2 is 2.00 bits per heavy atom. The molecule has 0 radical (unpaired) electrons. The number of nitrogens with one attached hydrogen (secondary N) is 2. The van der Waals surface area contributed by atoms with Crippen molar-refractivity contribution >= 4 is 5.91 Å². The lowest BCUT2D eigenvalue weighted by molar-refractivity contribution is -0.130. The van der Waals surface area contributed by atoms with Gasteiger partial charge in [0.2, 0.25) is 5.91 Å². The Morgan fingerprint density at radius 3 is 2.76 bits per heavy atom. The maximum absolute atomic E-state index is 12.5. The smallest absolute Gasteiger partial charge is 0.340 e. The molecular weight excluding hydrogens is 318 g/mol. The number of hydrogen-bond acceptors (Lipinski definition) is 4. The van der Waals surface area contributed by atoms with E-state index in [0.717, 1.165) is 29.8 Å². The largest absolute Gasteiger partial charge is 0.345 e. The number of rotatable bonds is 5. The lowest BCUT2D eigenvalue weighted by Crippen LogP contribution is -2.27. The molecule has 0 aliphatic heterocycles. The number of carbonyl (C=O) groups is 1. The predicted molar refractivity (Wildman–Crippen MR) is 94.4 cm³/mol. The van der Waals surface area contributed by atoms with Crippen LogP contribution in [0, 0.1) is 13.8 Å². The molecule has 1 aliphatic rings. The van der Waals surface area contributed by atoms with Crippen LogP contribution in [0.2, 0.25) is 0 Å². The third kappa shape index (κ3) is 3.81. The van der Waals surface area contributed by atoms with Gasteiger partial charge in [-0.25, -0.2) is 4.79 Å². The van der Waals surface area contributed by atoms with E-state index < -0.39 is 0 Å². The Hall–Kier alpha value is -2.44. The van der Waals surface area contributed by atoms with E-state index in [4.69, 9.17) is 0 Å². The zero-order chi connectivity index (χ0) is 18.0. The van der Waals surface area contributed by atoms with Crippen LogP contribution >= 0.6 is 0 Å². The van der Waals surface area contributed by atoms with Crippen molar-refractivity contribution in [2.45, 2.75) is 58.9 Å². The molecule has 7 nitrogen and oxygen atoms in total. The number of carbonyl (C=O) groups excluding carboxylic acids is 1. The average molecular weight is 343 g/mol. The molecule has 2 aromatic heterocycles. The van der Waals surface area contributed by atoms with Gasteiger partial charge in [0, 0.05) is 30.6 Å². The fourth-order valence-corrected chi connectivity index (χ4v) is 3.54. The maximum atomic E-state index is 12.5. The van der Waals surface area contributed by atoms with Gasteiger partial charge >= 0.3 is 5.69 Å². The summed E-state index contributed by atoms with van der Waals surface area (Å²) in [5, 5.41) is 7.53. The van der Waals surface area contributed by atoms with E-state index in [2.05, 4.69) is 20.2 Å². The van der Waals surface area contributed by atoms with Crippen LogP contribution in [0.4, 0.5) is 0 Å². The molecule has 0 unspecified atom stereocenters. The molecule has 7 heteroatoms. The summed E-state index contributed by atoms with van der Waals surface area (Å²) < 4.78 is 0. The van der Waals surface area contributed by atoms with Crippen LogP contribution in [0.5, 0.6) is 0 Å². The Kier molecular flexibility index (Phi) is 5.01. The summed E-state index contributed by atoms with van der Waals surface area (Å²) in [6.45, 7) is 4.18. The van der Waals surface area contributed by atoms with E-state index in [1.165, 1.54) is 24.1 Å². The second-order valence-electron chi connectivity index (χ2n) is 6.82. The number of aryl methyl sites for hydroxylation is 3. The summed E-state index contributed by atoms with van der Waals surface area (Å²) in [7, 11) is 1.82. The lowest BCUT2D eigenvalue weighted by Gasteiger charge is -2.18. The molecule has 0 aromatic carbocycles. The monoisotopic (exact) mass is 343 g/mol. The average Bonchev–Trinajstić information content (AvgIpc) is 2.97. The van der Waals surface area contributed by atoms with Gasteiger partial charge in [0.05, 0.1) is 12.2 Å². The molecule has 2 N–H and O–H groups in total. The summed E-state index contributed by atoms with van der Waals surface area (Å²) in [6.07, 6.45) is 5.45. The van der Waals surface area contributed by atoms with Crippen LogP contribution in [-0.2, 0) is 30.6 Å². The third-order valence-electron chi connectivity index (χ3n) is 5.00. The van der Waals surface area contributed by atoms with Crippen LogP contribution in [0.1, 0.15) is 53.2 Å². The molecule has 1 aliphatic carbocycles. The minimum Gasteiger partial charge on any atom is -0.340 e. The van der Waals surface area contributed by atoms with E-state index in [-0.39, 0.29) is 11.6 Å². The second-order valence-corrected chi connectivity index (χ2v) is 6.82. The van der Waals surface area contributed by atoms with Gasteiger partial charge in [-0.05, 0) is 57.1 Å². The zero-order valence-corrected chi connectivity index (χ0v) is 15.1. The van der Waals surface area contributed by atoms with Gasteiger partial charge in [0.15, 0.2) is 0 Å². The van der Waals surface area contributed by atoms with Crippen molar-refractivity contribution in [3.8, 4) is 0 Å². The molecule has 0 saturated heterocycles. The minimum absolute atomic E-state index is 0.0672. The summed E-state index contributed by atoms with van der Waals surface area (Å²) in [6, 6.07) is 0. The molecule has 134 valence electrons. The van der Waals surface area contributed by atoms with Gasteiger partial charge in [0.1, 0.15) is 0 Å². The van der Waals surface area contributed by atoms with Crippen LogP contribution in [0.3, 0.4) is 0 Å². The maximum Gasteiger partial charge on any atom is 0.345 e. The van der Waals surface area contributed by atoms with Crippen molar-refractivity contribution in [1.82, 2.24) is 25.1 Å². The summed E-state index contributed by atoms with van der Waals surface area (Å²) in [4.78, 5) is 32.2. The van der Waals surface area contributed by atoms with E-state index in [1.807, 2.05) is 20.9 Å². The van der Waals surface area contributed by atoms with Crippen LogP contribution in [-0.4, -0.2) is 38.0 Å². The van der Waals surface area contributed by atoms with Gasteiger partial charge in [-0.1, -0.05) is 0 Å². The van der Waals surface area contributed by atoms with Crippen molar-refractivity contribution in [2.24, 2.45) is 0 Å². The molecule has 0 bridgehead atoms. The molecule has 0 atom stereocenters. The Morgan fingerprint density at radius 1 is 1.24 bits per heavy atom. The summed E-state index contributed by atoms with van der Waals surface area (Å²) >= 11 is 0. The first kappa shape index (κ1) is 17.4. The third-order valence-corrected chi connectivity index (χ3v) is 5.00. The highest BCUT2D eigenvalue weighted by molar-refractivity contribution is 5.76. The predicted octanol–water partition coefficient (Wildman–Crippen LogP) is 1.58. The number of H-pyrrole nitrogens is 2. The number of fused-ring (bicyclic) bond motifs is 1. The van der Waals surface area contributed by atoms with Crippen molar-refractivity contribution in [2.75, 3.05) is 7.05 Å². The van der Waals surface area contributed by atoms with E-state index in [1.54, 1.807) is 4.90 Å². The highest BCUT2D eigenvalue weighted by Gasteiger charge is 2.19. The van der Waals surface area contributed by atoms with E-state index >= 15 is 0 Å². The lowest BCUT2D eigenvalue weighted by atomic mass is 9.96. The Bertz CT molecular complexity index is 810. The molecule has 0 fully saturated rings. The number of aromatic nitrogens is 4. The van der Waals surface area contributed by atoms with Gasteiger partial charge < -0.3 is 9.88 Å². The number of nitrogens with zero attached hydrogens (tertiary/aromatic N) is 3. The minimum atomic E-state index is -0.342. The quantitative estimate of drug-likeness (QED) is 0.862. The van der Waals surface area contributed by atoms with Crippen molar-refractivity contribution in [3.63, 3.8) is 0 Å². The molecule has 0 saturated carbocycles. The molecule has 2 heterocycles. The Labute approximate surface area is 146 Å². The molecule has 1 amide bonds. The van der Waals surface area contributed by atoms with Crippen molar-refractivity contribution < 1.29 is 4.79 Å². The number of amides is 1. The summed E-state index contributed by atoms with van der Waals surface area (Å²) in [5.41, 5.74) is 5.59. The second kappa shape index (κ2) is 7.21. The van der Waals surface area contributed by atoms with Crippen LogP contribution in [0.15, 0.2) is 4.79 Å². The first-order valence-corrected chi connectivity index (χ1v) is 8.81. The fraction of sp³-hybridized carbons (Fsp3) is 0.556. The zero-order valence-electron chi connectivity index (χ0n) is 15.1. The van der Waals surface area contributed by atoms with Crippen LogP contribution in [0.25, 0.3) is 0 Å². The molecule has 0 spiro atoms. The number of hydrogen-bond donors (Lipinski definition) is 2. The van der Waals surface area contributed by atoms with E-state index in [0.29, 0.717) is 25.1 Å².